The summed E-state index contributed by atoms with van der Waals surface area (Å²) in [7, 11) is -3.63. The highest BCUT2D eigenvalue weighted by atomic mass is 35.5. The van der Waals surface area contributed by atoms with E-state index in [0.29, 0.717) is 0 Å². The van der Waals surface area contributed by atoms with Gasteiger partial charge in [0.05, 0.1) is 5.02 Å². The minimum atomic E-state index is -3.63. The fraction of sp³-hybridized carbons (Fsp3) is 0. The maximum atomic E-state index is 11.1. The molecule has 0 bridgehead atoms. The first-order valence-corrected chi connectivity index (χ1v) is 4.91. The predicted molar refractivity (Wildman–Crippen MR) is 46.0 cm³/mol. The van der Waals surface area contributed by atoms with Gasteiger partial charge >= 0.3 is 0 Å². The average molecular weight is 207 g/mol. The van der Waals surface area contributed by atoms with E-state index >= 15 is 0 Å². The second-order valence-corrected chi connectivity index (χ2v) is 4.14. The Labute approximate surface area is 75.4 Å². The van der Waals surface area contributed by atoms with Crippen LogP contribution in [0.25, 0.3) is 0 Å². The van der Waals surface area contributed by atoms with Crippen LogP contribution in [0.4, 0.5) is 0 Å². The van der Waals surface area contributed by atoms with E-state index in [9.17, 15) is 8.42 Å². The Morgan fingerprint density at radius 1 is 1.33 bits per heavy atom. The molecule has 0 aliphatic heterocycles. The van der Waals surface area contributed by atoms with E-state index in [-0.39, 0.29) is 9.92 Å². The number of nitrogens with one attached hydrogen (secondary N) is 1. The monoisotopic (exact) mass is 206 g/mol. The Morgan fingerprint density at radius 2 is 1.92 bits per heavy atom. The van der Waals surface area contributed by atoms with Gasteiger partial charge in [0, 0.05) is 0 Å². The van der Waals surface area contributed by atoms with E-state index in [0.717, 1.165) is 0 Å². The lowest BCUT2D eigenvalue weighted by molar-refractivity contribution is 0.584. The van der Waals surface area contributed by atoms with Gasteiger partial charge in [-0.1, -0.05) is 23.7 Å². The number of sulfonamides is 1. The van der Waals surface area contributed by atoms with Gasteiger partial charge < -0.3 is 0 Å². The minimum absolute atomic E-state index is 0.0193. The molecule has 0 aliphatic carbocycles. The molecule has 6 heteroatoms. The normalized spacial score (nSPS) is 11.5. The number of hydrazine groups is 1. The third-order valence-corrected chi connectivity index (χ3v) is 2.97. The van der Waals surface area contributed by atoms with Gasteiger partial charge in [0.2, 0.25) is 0 Å². The van der Waals surface area contributed by atoms with Crippen molar-refractivity contribution in [3.8, 4) is 0 Å². The molecule has 4 nitrogen and oxygen atoms in total. The zero-order valence-electron chi connectivity index (χ0n) is 5.99. The molecule has 0 saturated carbocycles. The van der Waals surface area contributed by atoms with Crippen LogP contribution < -0.4 is 10.7 Å². The van der Waals surface area contributed by atoms with Gasteiger partial charge in [-0.2, -0.15) is 4.83 Å². The fourth-order valence-corrected chi connectivity index (χ4v) is 1.88. The Balaban J connectivity index is 3.30. The molecule has 12 heavy (non-hydrogen) atoms. The quantitative estimate of drug-likeness (QED) is 0.547. The molecule has 0 radical (unpaired) electrons. The molecular formula is C6H7ClN2O2S. The number of hydrogen-bond acceptors (Lipinski definition) is 3. The number of halogens is 1. The van der Waals surface area contributed by atoms with E-state index < -0.39 is 10.0 Å². The van der Waals surface area contributed by atoms with Gasteiger partial charge in [0.25, 0.3) is 10.0 Å². The molecule has 0 amide bonds. The molecular weight excluding hydrogens is 200 g/mol. The smallest absolute Gasteiger partial charge is 0.254 e. The first-order valence-electron chi connectivity index (χ1n) is 3.05. The van der Waals surface area contributed by atoms with E-state index in [4.69, 9.17) is 17.4 Å². The summed E-state index contributed by atoms with van der Waals surface area (Å²) < 4.78 is 22.2. The zero-order chi connectivity index (χ0) is 9.19. The lowest BCUT2D eigenvalue weighted by Gasteiger charge is -2.02. The van der Waals surface area contributed by atoms with Crippen LogP contribution >= 0.6 is 11.6 Å². The van der Waals surface area contributed by atoms with Crippen LogP contribution in [0.1, 0.15) is 0 Å². The lowest BCUT2D eigenvalue weighted by atomic mass is 10.4. The summed E-state index contributed by atoms with van der Waals surface area (Å²) in [5.41, 5.74) is 0. The van der Waals surface area contributed by atoms with Crippen molar-refractivity contribution in [2.45, 2.75) is 4.90 Å². The fourth-order valence-electron chi connectivity index (χ4n) is 0.726. The van der Waals surface area contributed by atoms with Gasteiger partial charge in [0.15, 0.2) is 0 Å². The molecule has 1 rings (SSSR count). The third kappa shape index (κ3) is 1.75. The molecule has 0 heterocycles. The van der Waals surface area contributed by atoms with Crippen LogP contribution in [0.2, 0.25) is 5.02 Å². The van der Waals surface area contributed by atoms with Crippen LogP contribution in [-0.2, 0) is 10.0 Å². The standard InChI is InChI=1S/C6H7ClN2O2S/c7-5-3-1-2-4-6(5)12(10,11)9-8/h1-4,9H,8H2. The molecule has 0 atom stereocenters. The number of rotatable bonds is 2. The van der Waals surface area contributed by atoms with Crippen molar-refractivity contribution in [2.75, 3.05) is 0 Å². The maximum Gasteiger partial charge on any atom is 0.254 e. The van der Waals surface area contributed by atoms with Crippen LogP contribution in [-0.4, -0.2) is 8.42 Å². The average Bonchev–Trinajstić information content (AvgIpc) is 2.05. The van der Waals surface area contributed by atoms with Crippen molar-refractivity contribution in [3.63, 3.8) is 0 Å². The van der Waals surface area contributed by atoms with Gasteiger partial charge in [-0.3, -0.25) is 5.84 Å². The van der Waals surface area contributed by atoms with Gasteiger partial charge in [-0.25, -0.2) is 8.42 Å². The van der Waals surface area contributed by atoms with Crippen molar-refractivity contribution in [1.82, 2.24) is 4.83 Å². The van der Waals surface area contributed by atoms with Crippen molar-refractivity contribution in [3.05, 3.63) is 29.3 Å². The summed E-state index contributed by atoms with van der Waals surface area (Å²) in [6, 6.07) is 6.05. The van der Waals surface area contributed by atoms with Crippen LogP contribution in [0.5, 0.6) is 0 Å². The van der Waals surface area contributed by atoms with Crippen molar-refractivity contribution in [2.24, 2.45) is 5.84 Å². The Kier molecular flexibility index (Phi) is 2.69. The Morgan fingerprint density at radius 3 is 2.42 bits per heavy atom. The van der Waals surface area contributed by atoms with Gasteiger partial charge in [-0.15, -0.1) is 0 Å². The lowest BCUT2D eigenvalue weighted by Crippen LogP contribution is -2.30. The summed E-state index contributed by atoms with van der Waals surface area (Å²) in [4.78, 5) is 1.67. The second kappa shape index (κ2) is 3.40. The van der Waals surface area contributed by atoms with Crippen molar-refractivity contribution < 1.29 is 8.42 Å². The molecule has 1 aromatic carbocycles. The minimum Gasteiger partial charge on any atom is -0.257 e. The van der Waals surface area contributed by atoms with Crippen molar-refractivity contribution in [1.29, 1.82) is 0 Å². The maximum absolute atomic E-state index is 11.1. The largest absolute Gasteiger partial charge is 0.257 e. The molecule has 1 aromatic rings. The first-order chi connectivity index (χ1) is 5.58. The molecule has 66 valence electrons. The zero-order valence-corrected chi connectivity index (χ0v) is 7.56. The molecule has 3 N–H and O–H groups in total. The highest BCUT2D eigenvalue weighted by molar-refractivity contribution is 7.89. The van der Waals surface area contributed by atoms with E-state index in [2.05, 4.69) is 0 Å². The van der Waals surface area contributed by atoms with E-state index in [1.54, 1.807) is 17.0 Å². The molecule has 0 unspecified atom stereocenters. The van der Waals surface area contributed by atoms with Gasteiger partial charge in [-0.05, 0) is 12.1 Å². The molecule has 0 fully saturated rings. The second-order valence-electron chi connectivity index (χ2n) is 2.05. The molecule has 0 aliphatic rings. The summed E-state index contributed by atoms with van der Waals surface area (Å²) in [5.74, 6) is 4.81. The van der Waals surface area contributed by atoms with Crippen LogP contribution in [0.15, 0.2) is 29.2 Å². The van der Waals surface area contributed by atoms with Crippen LogP contribution in [0.3, 0.4) is 0 Å². The summed E-state index contributed by atoms with van der Waals surface area (Å²) in [5, 5.41) is 0.149. The van der Waals surface area contributed by atoms with E-state index in [1.807, 2.05) is 0 Å². The van der Waals surface area contributed by atoms with E-state index in [1.165, 1.54) is 12.1 Å². The van der Waals surface area contributed by atoms with Crippen molar-refractivity contribution >= 4 is 21.6 Å². The predicted octanol–water partition coefficient (Wildman–Crippen LogP) is 0.492. The molecule has 0 saturated heterocycles. The number of nitrogens with two attached hydrogens (primary N) is 1. The Hall–Kier alpha value is -0.620. The SMILES string of the molecule is NNS(=O)(=O)c1ccccc1Cl. The number of benzene rings is 1. The third-order valence-electron chi connectivity index (χ3n) is 1.28. The van der Waals surface area contributed by atoms with Gasteiger partial charge in [0.1, 0.15) is 4.90 Å². The summed E-state index contributed by atoms with van der Waals surface area (Å²) in [6.45, 7) is 0. The van der Waals surface area contributed by atoms with Crippen LogP contribution in [0, 0.1) is 0 Å². The highest BCUT2D eigenvalue weighted by Crippen LogP contribution is 2.19. The summed E-state index contributed by atoms with van der Waals surface area (Å²) >= 11 is 5.61. The Bertz CT molecular complexity index is 377. The topological polar surface area (TPSA) is 72.2 Å². The highest BCUT2D eigenvalue weighted by Gasteiger charge is 2.14. The summed E-state index contributed by atoms with van der Waals surface area (Å²) in [6.07, 6.45) is 0. The first kappa shape index (κ1) is 9.47. The molecule has 0 aromatic heterocycles. The number of hydrogen-bond donors (Lipinski definition) is 2. The molecule has 0 spiro atoms.